The first kappa shape index (κ1) is 13.9. The predicted octanol–water partition coefficient (Wildman–Crippen LogP) is 3.00. The fourth-order valence-electron chi connectivity index (χ4n) is 1.89. The highest BCUT2D eigenvalue weighted by atomic mass is 19.1. The Kier molecular flexibility index (Phi) is 3.61. The summed E-state index contributed by atoms with van der Waals surface area (Å²) in [4.78, 5) is 15.9. The number of nitrogens with zero attached hydrogens (tertiary/aromatic N) is 2. The van der Waals surface area contributed by atoms with E-state index in [0.717, 1.165) is 23.8 Å². The maximum atomic E-state index is 13.5. The number of anilines is 1. The van der Waals surface area contributed by atoms with Crippen molar-refractivity contribution in [3.63, 3.8) is 0 Å². The minimum atomic E-state index is -0.719. The summed E-state index contributed by atoms with van der Waals surface area (Å²) >= 11 is 0. The zero-order valence-electron chi connectivity index (χ0n) is 11.2. The van der Waals surface area contributed by atoms with Crippen LogP contribution in [-0.4, -0.2) is 21.1 Å². The van der Waals surface area contributed by atoms with Gasteiger partial charge in [0.25, 0.3) is 5.91 Å². The molecule has 3 aromatic rings. The third-order valence-electron chi connectivity index (χ3n) is 2.98. The Labute approximate surface area is 124 Å². The minimum absolute atomic E-state index is 0.135. The number of hydrogen-bond donors (Lipinski definition) is 2. The van der Waals surface area contributed by atoms with Crippen LogP contribution in [0.2, 0.25) is 0 Å². The van der Waals surface area contributed by atoms with E-state index in [-0.39, 0.29) is 11.4 Å². The van der Waals surface area contributed by atoms with Crippen LogP contribution in [0.1, 0.15) is 10.5 Å². The second kappa shape index (κ2) is 5.72. The summed E-state index contributed by atoms with van der Waals surface area (Å²) in [6.07, 6.45) is 3.21. The highest BCUT2D eigenvalue weighted by Gasteiger charge is 2.13. The van der Waals surface area contributed by atoms with Crippen LogP contribution < -0.4 is 5.32 Å². The Morgan fingerprint density at radius 3 is 2.64 bits per heavy atom. The van der Waals surface area contributed by atoms with E-state index in [1.165, 1.54) is 6.07 Å². The molecule has 0 saturated carbocycles. The number of benzene rings is 1. The molecule has 5 nitrogen and oxygen atoms in total. The van der Waals surface area contributed by atoms with Crippen molar-refractivity contribution in [2.45, 2.75) is 0 Å². The van der Waals surface area contributed by atoms with Crippen molar-refractivity contribution in [1.82, 2.24) is 15.2 Å². The molecular formula is C15H10F2N4O. The topological polar surface area (TPSA) is 70.7 Å². The van der Waals surface area contributed by atoms with E-state index < -0.39 is 17.5 Å². The first-order chi connectivity index (χ1) is 10.6. The van der Waals surface area contributed by atoms with Crippen molar-refractivity contribution in [3.8, 4) is 11.3 Å². The Bertz CT molecular complexity index is 817. The second-order valence-corrected chi connectivity index (χ2v) is 4.48. The average Bonchev–Trinajstić information content (AvgIpc) is 3.02. The summed E-state index contributed by atoms with van der Waals surface area (Å²) in [7, 11) is 0. The van der Waals surface area contributed by atoms with Gasteiger partial charge >= 0.3 is 0 Å². The summed E-state index contributed by atoms with van der Waals surface area (Å²) in [5.74, 6) is -1.97. The zero-order chi connectivity index (χ0) is 15.5. The number of nitrogens with one attached hydrogen (secondary N) is 2. The van der Waals surface area contributed by atoms with Crippen molar-refractivity contribution in [3.05, 3.63) is 66.1 Å². The smallest absolute Gasteiger partial charge is 0.273 e. The number of H-pyrrole nitrogens is 1. The van der Waals surface area contributed by atoms with Gasteiger partial charge in [-0.25, -0.2) is 8.78 Å². The Morgan fingerprint density at radius 2 is 1.86 bits per heavy atom. The number of halogens is 2. The number of amides is 1. The molecule has 2 heterocycles. The normalized spacial score (nSPS) is 10.5. The zero-order valence-corrected chi connectivity index (χ0v) is 11.2. The van der Waals surface area contributed by atoms with Crippen LogP contribution in [0.5, 0.6) is 0 Å². The summed E-state index contributed by atoms with van der Waals surface area (Å²) in [5.41, 5.74) is 1.23. The van der Waals surface area contributed by atoms with Crippen LogP contribution in [0.4, 0.5) is 14.5 Å². The number of rotatable bonds is 3. The molecular weight excluding hydrogens is 290 g/mol. The van der Waals surface area contributed by atoms with E-state index in [4.69, 9.17) is 0 Å². The van der Waals surface area contributed by atoms with Gasteiger partial charge in [-0.2, -0.15) is 5.10 Å². The maximum absolute atomic E-state index is 13.5. The highest BCUT2D eigenvalue weighted by Crippen LogP contribution is 2.19. The third kappa shape index (κ3) is 2.83. The van der Waals surface area contributed by atoms with Crippen LogP contribution in [0, 0.1) is 11.6 Å². The standard InChI is InChI=1S/C15H10F2N4O/c16-10-1-2-11(17)13(7-10)19-15(22)14-8-12(20-21-14)9-3-5-18-6-4-9/h1-8H,(H,19,22)(H,20,21). The molecule has 110 valence electrons. The number of hydrogen-bond acceptors (Lipinski definition) is 3. The molecule has 2 N–H and O–H groups in total. The van der Waals surface area contributed by atoms with E-state index in [0.29, 0.717) is 5.69 Å². The van der Waals surface area contributed by atoms with Crippen LogP contribution in [0.3, 0.4) is 0 Å². The van der Waals surface area contributed by atoms with Gasteiger partial charge < -0.3 is 5.32 Å². The molecule has 0 fully saturated rings. The molecule has 0 unspecified atom stereocenters. The molecule has 0 bridgehead atoms. The van der Waals surface area contributed by atoms with Crippen molar-refractivity contribution in [2.24, 2.45) is 0 Å². The molecule has 1 aromatic carbocycles. The number of carbonyl (C=O) groups is 1. The van der Waals surface area contributed by atoms with Gasteiger partial charge in [-0.15, -0.1) is 0 Å². The average molecular weight is 300 g/mol. The monoisotopic (exact) mass is 300 g/mol. The first-order valence-corrected chi connectivity index (χ1v) is 6.36. The summed E-state index contributed by atoms with van der Waals surface area (Å²) in [6, 6.07) is 7.83. The van der Waals surface area contributed by atoms with Crippen LogP contribution in [0.15, 0.2) is 48.8 Å². The molecule has 0 atom stereocenters. The summed E-state index contributed by atoms with van der Waals surface area (Å²) in [5, 5.41) is 8.86. The number of aromatic nitrogens is 3. The second-order valence-electron chi connectivity index (χ2n) is 4.48. The van der Waals surface area contributed by atoms with Crippen LogP contribution in [0.25, 0.3) is 11.3 Å². The maximum Gasteiger partial charge on any atom is 0.273 e. The summed E-state index contributed by atoms with van der Waals surface area (Å²) < 4.78 is 26.6. The van der Waals surface area contributed by atoms with Crippen molar-refractivity contribution >= 4 is 11.6 Å². The minimum Gasteiger partial charge on any atom is -0.318 e. The lowest BCUT2D eigenvalue weighted by Crippen LogP contribution is -2.13. The lowest BCUT2D eigenvalue weighted by Gasteiger charge is -2.04. The largest absolute Gasteiger partial charge is 0.318 e. The molecule has 0 radical (unpaired) electrons. The molecule has 0 aliphatic rings. The number of pyridine rings is 1. The van der Waals surface area contributed by atoms with Gasteiger partial charge in [-0.1, -0.05) is 0 Å². The lowest BCUT2D eigenvalue weighted by molar-refractivity contribution is 0.102. The first-order valence-electron chi connectivity index (χ1n) is 6.36. The van der Waals surface area contributed by atoms with E-state index in [1.807, 2.05) is 0 Å². The third-order valence-corrected chi connectivity index (χ3v) is 2.98. The van der Waals surface area contributed by atoms with E-state index in [9.17, 15) is 13.6 Å². The van der Waals surface area contributed by atoms with Gasteiger partial charge in [0.2, 0.25) is 0 Å². The quantitative estimate of drug-likeness (QED) is 0.781. The lowest BCUT2D eigenvalue weighted by atomic mass is 10.2. The van der Waals surface area contributed by atoms with Gasteiger partial charge in [0.05, 0.1) is 11.4 Å². The molecule has 3 rings (SSSR count). The SMILES string of the molecule is O=C(Nc1cc(F)ccc1F)c1cc(-c2ccncc2)n[nH]1. The fraction of sp³-hybridized carbons (Fsp3) is 0. The van der Waals surface area contributed by atoms with Crippen molar-refractivity contribution in [2.75, 3.05) is 5.32 Å². The molecule has 22 heavy (non-hydrogen) atoms. The Balaban J connectivity index is 1.81. The number of aromatic amines is 1. The van der Waals surface area contributed by atoms with Crippen LogP contribution in [-0.2, 0) is 0 Å². The fourth-order valence-corrected chi connectivity index (χ4v) is 1.89. The van der Waals surface area contributed by atoms with E-state index >= 15 is 0 Å². The molecule has 0 spiro atoms. The van der Waals surface area contributed by atoms with Gasteiger partial charge in [0.1, 0.15) is 17.3 Å². The van der Waals surface area contributed by atoms with Gasteiger partial charge in [-0.3, -0.25) is 14.9 Å². The summed E-state index contributed by atoms with van der Waals surface area (Å²) in [6.45, 7) is 0. The molecule has 1 amide bonds. The molecule has 2 aromatic heterocycles. The Hall–Kier alpha value is -3.09. The number of carbonyl (C=O) groups excluding carboxylic acids is 1. The molecule has 0 saturated heterocycles. The van der Waals surface area contributed by atoms with Gasteiger partial charge in [-0.05, 0) is 30.3 Å². The van der Waals surface area contributed by atoms with Crippen LogP contribution >= 0.6 is 0 Å². The molecule has 0 aliphatic heterocycles. The molecule has 7 heteroatoms. The van der Waals surface area contributed by atoms with Gasteiger partial charge in [0, 0.05) is 24.0 Å². The molecule has 0 aliphatic carbocycles. The van der Waals surface area contributed by atoms with E-state index in [1.54, 1.807) is 24.5 Å². The predicted molar refractivity (Wildman–Crippen MR) is 76.1 cm³/mol. The highest BCUT2D eigenvalue weighted by molar-refractivity contribution is 6.03. The van der Waals surface area contributed by atoms with E-state index in [2.05, 4.69) is 20.5 Å². The Morgan fingerprint density at radius 1 is 1.09 bits per heavy atom. The van der Waals surface area contributed by atoms with Crippen molar-refractivity contribution in [1.29, 1.82) is 0 Å². The van der Waals surface area contributed by atoms with Crippen molar-refractivity contribution < 1.29 is 13.6 Å². The van der Waals surface area contributed by atoms with Gasteiger partial charge in [0.15, 0.2) is 0 Å².